The van der Waals surface area contributed by atoms with Gasteiger partial charge in [0, 0.05) is 25.6 Å². The van der Waals surface area contributed by atoms with E-state index in [2.05, 4.69) is 0 Å². The van der Waals surface area contributed by atoms with Crippen LogP contribution in [0.15, 0.2) is 30.3 Å². The predicted octanol–water partition coefficient (Wildman–Crippen LogP) is 2.60. The van der Waals surface area contributed by atoms with Crippen LogP contribution in [0.5, 0.6) is 0 Å². The molecule has 0 saturated carbocycles. The number of hydrogen-bond donors (Lipinski definition) is 1. The Balaban J connectivity index is 2.14. The maximum Gasteiger partial charge on any atom is 0.313 e. The van der Waals surface area contributed by atoms with Crippen molar-refractivity contribution in [3.8, 4) is 0 Å². The fourth-order valence-corrected chi connectivity index (χ4v) is 3.55. The van der Waals surface area contributed by atoms with Gasteiger partial charge in [0.1, 0.15) is 5.41 Å². The highest BCUT2D eigenvalue weighted by atomic mass is 16.5. The highest BCUT2D eigenvalue weighted by Crippen LogP contribution is 2.34. The van der Waals surface area contributed by atoms with E-state index < -0.39 is 16.8 Å². The van der Waals surface area contributed by atoms with Crippen LogP contribution in [-0.4, -0.2) is 48.7 Å². The van der Waals surface area contributed by atoms with Crippen LogP contribution in [0.1, 0.15) is 32.3 Å². The van der Waals surface area contributed by atoms with E-state index >= 15 is 0 Å². The molecule has 1 aliphatic heterocycles. The molecule has 1 N–H and O–H groups in total. The smallest absolute Gasteiger partial charge is 0.313 e. The number of amides is 1. The van der Waals surface area contributed by atoms with Crippen LogP contribution in [0, 0.1) is 10.8 Å². The van der Waals surface area contributed by atoms with Crippen molar-refractivity contribution in [1.29, 1.82) is 0 Å². The molecule has 1 atom stereocenters. The number of carboxylic acids is 1. The average Bonchev–Trinajstić information content (AvgIpc) is 2.55. The molecular weight excluding hydrogens is 306 g/mol. The number of carboxylic acid groups (broad SMARTS) is 1. The molecule has 1 aliphatic rings. The van der Waals surface area contributed by atoms with Gasteiger partial charge in [0.05, 0.1) is 6.61 Å². The molecule has 1 heterocycles. The Bertz CT molecular complexity index is 580. The molecule has 1 aromatic rings. The normalized spacial score (nSPS) is 21.5. The molecule has 1 aromatic carbocycles. The summed E-state index contributed by atoms with van der Waals surface area (Å²) in [5.41, 5.74) is -0.462. The van der Waals surface area contributed by atoms with Crippen molar-refractivity contribution >= 4 is 11.9 Å². The Hall–Kier alpha value is -1.88. The highest BCUT2D eigenvalue weighted by Gasteiger charge is 2.45. The number of likely N-dealkylation sites (tertiary alicyclic amines) is 1. The summed E-state index contributed by atoms with van der Waals surface area (Å²) < 4.78 is 5.14. The van der Waals surface area contributed by atoms with Gasteiger partial charge >= 0.3 is 5.97 Å². The van der Waals surface area contributed by atoms with Crippen LogP contribution in [-0.2, 0) is 20.7 Å². The fraction of sp³-hybridized carbons (Fsp3) is 0.579. The molecule has 0 aromatic heterocycles. The molecule has 0 radical (unpaired) electrons. The second-order valence-corrected chi connectivity index (χ2v) is 7.40. The van der Waals surface area contributed by atoms with Gasteiger partial charge in [-0.3, -0.25) is 9.59 Å². The minimum atomic E-state index is -0.995. The third kappa shape index (κ3) is 3.96. The lowest BCUT2D eigenvalue weighted by atomic mass is 9.78. The van der Waals surface area contributed by atoms with Gasteiger partial charge < -0.3 is 14.7 Å². The molecule has 0 bridgehead atoms. The molecular formula is C19H27NO4. The molecule has 1 unspecified atom stereocenters. The number of hydrogen-bond acceptors (Lipinski definition) is 3. The molecule has 24 heavy (non-hydrogen) atoms. The maximum atomic E-state index is 13.0. The van der Waals surface area contributed by atoms with Gasteiger partial charge in [-0.05, 0) is 24.8 Å². The third-order valence-electron chi connectivity index (χ3n) is 4.81. The monoisotopic (exact) mass is 333 g/mol. The number of aliphatic carboxylic acids is 1. The maximum absolute atomic E-state index is 13.0. The van der Waals surface area contributed by atoms with Crippen molar-refractivity contribution < 1.29 is 19.4 Å². The van der Waals surface area contributed by atoms with E-state index in [1.165, 1.54) is 7.11 Å². The summed E-state index contributed by atoms with van der Waals surface area (Å²) >= 11 is 0. The van der Waals surface area contributed by atoms with Crippen LogP contribution in [0.4, 0.5) is 0 Å². The number of benzene rings is 1. The number of carbonyl (C=O) groups excluding carboxylic acids is 1. The SMILES string of the molecule is COCC1(C(=O)O)CCCN(C(=O)C(C)(C)Cc2ccccc2)C1. The van der Waals surface area contributed by atoms with Gasteiger partial charge in [0.15, 0.2) is 0 Å². The Morgan fingerprint density at radius 1 is 1.29 bits per heavy atom. The molecule has 0 aliphatic carbocycles. The number of rotatable bonds is 6. The summed E-state index contributed by atoms with van der Waals surface area (Å²) in [7, 11) is 1.50. The van der Waals surface area contributed by atoms with Crippen molar-refractivity contribution in [3.63, 3.8) is 0 Å². The number of nitrogens with zero attached hydrogens (tertiary/aromatic N) is 1. The second kappa shape index (κ2) is 7.34. The molecule has 132 valence electrons. The minimum Gasteiger partial charge on any atom is -0.481 e. The average molecular weight is 333 g/mol. The lowest BCUT2D eigenvalue weighted by Crippen LogP contribution is -2.54. The zero-order valence-electron chi connectivity index (χ0n) is 14.7. The van der Waals surface area contributed by atoms with Crippen LogP contribution >= 0.6 is 0 Å². The van der Waals surface area contributed by atoms with Gasteiger partial charge in [-0.2, -0.15) is 0 Å². The first-order valence-electron chi connectivity index (χ1n) is 8.36. The first kappa shape index (κ1) is 18.5. The van der Waals surface area contributed by atoms with Gasteiger partial charge in [-0.1, -0.05) is 44.2 Å². The highest BCUT2D eigenvalue weighted by molar-refractivity contribution is 5.84. The predicted molar refractivity (Wildman–Crippen MR) is 91.7 cm³/mol. The van der Waals surface area contributed by atoms with Crippen molar-refractivity contribution in [2.24, 2.45) is 10.8 Å². The van der Waals surface area contributed by atoms with E-state index in [4.69, 9.17) is 4.74 Å². The van der Waals surface area contributed by atoms with E-state index in [0.717, 1.165) is 5.56 Å². The second-order valence-electron chi connectivity index (χ2n) is 7.40. The van der Waals surface area contributed by atoms with E-state index in [0.29, 0.717) is 25.8 Å². The van der Waals surface area contributed by atoms with E-state index in [1.54, 1.807) is 4.90 Å². The summed E-state index contributed by atoms with van der Waals surface area (Å²) in [6.07, 6.45) is 1.86. The van der Waals surface area contributed by atoms with Crippen molar-refractivity contribution in [2.75, 3.05) is 26.8 Å². The first-order chi connectivity index (χ1) is 11.3. The van der Waals surface area contributed by atoms with Crippen LogP contribution in [0.25, 0.3) is 0 Å². The number of methoxy groups -OCH3 is 1. The van der Waals surface area contributed by atoms with E-state index in [9.17, 15) is 14.7 Å². The summed E-state index contributed by atoms with van der Waals surface area (Å²) in [4.78, 5) is 26.5. The number of carbonyl (C=O) groups is 2. The summed E-state index contributed by atoms with van der Waals surface area (Å²) in [5.74, 6) is -0.879. The molecule has 1 amide bonds. The van der Waals surface area contributed by atoms with Crippen molar-refractivity contribution in [3.05, 3.63) is 35.9 Å². The Morgan fingerprint density at radius 3 is 2.54 bits per heavy atom. The van der Waals surface area contributed by atoms with Crippen molar-refractivity contribution in [1.82, 2.24) is 4.90 Å². The molecule has 5 heteroatoms. The number of piperidine rings is 1. The van der Waals surface area contributed by atoms with Gasteiger partial charge in [0.2, 0.25) is 5.91 Å². The molecule has 2 rings (SSSR count). The molecule has 0 spiro atoms. The molecule has 5 nitrogen and oxygen atoms in total. The Labute approximate surface area is 143 Å². The quantitative estimate of drug-likeness (QED) is 0.869. The summed E-state index contributed by atoms with van der Waals surface area (Å²) in [6, 6.07) is 9.90. The lowest BCUT2D eigenvalue weighted by Gasteiger charge is -2.42. The third-order valence-corrected chi connectivity index (χ3v) is 4.81. The zero-order valence-corrected chi connectivity index (χ0v) is 14.7. The molecule has 1 saturated heterocycles. The van der Waals surface area contributed by atoms with E-state index in [1.807, 2.05) is 44.2 Å². The summed E-state index contributed by atoms with van der Waals surface area (Å²) in [6.45, 7) is 4.81. The topological polar surface area (TPSA) is 66.8 Å². The Kier molecular flexibility index (Phi) is 5.65. The fourth-order valence-electron chi connectivity index (χ4n) is 3.55. The summed E-state index contributed by atoms with van der Waals surface area (Å²) in [5, 5.41) is 9.64. The van der Waals surface area contributed by atoms with Crippen LogP contribution in [0.3, 0.4) is 0 Å². The van der Waals surface area contributed by atoms with Gasteiger partial charge in [-0.15, -0.1) is 0 Å². The van der Waals surface area contributed by atoms with Crippen molar-refractivity contribution in [2.45, 2.75) is 33.1 Å². The first-order valence-corrected chi connectivity index (χ1v) is 8.36. The lowest BCUT2D eigenvalue weighted by molar-refractivity contribution is -0.161. The van der Waals surface area contributed by atoms with Gasteiger partial charge in [0.25, 0.3) is 0 Å². The van der Waals surface area contributed by atoms with Crippen LogP contribution in [0.2, 0.25) is 0 Å². The van der Waals surface area contributed by atoms with Gasteiger partial charge in [-0.25, -0.2) is 0 Å². The largest absolute Gasteiger partial charge is 0.481 e. The standard InChI is InChI=1S/C19H27NO4/c1-18(2,12-15-8-5-4-6-9-15)16(21)20-11-7-10-19(13-20,14-24-3)17(22)23/h4-6,8-9H,7,10-14H2,1-3H3,(H,22,23). The zero-order chi connectivity index (χ0) is 17.8. The van der Waals surface area contributed by atoms with Crippen LogP contribution < -0.4 is 0 Å². The molecule has 1 fully saturated rings. The minimum absolute atomic E-state index is 0.00720. The number of ether oxygens (including phenoxy) is 1. The van der Waals surface area contributed by atoms with E-state index in [-0.39, 0.29) is 19.1 Å². The Morgan fingerprint density at radius 2 is 1.96 bits per heavy atom.